The molecular formula is C16H18O3S. The molecular weight excluding hydrogens is 272 g/mol. The molecule has 2 rings (SSSR count). The molecule has 4 heteroatoms. The van der Waals surface area contributed by atoms with Gasteiger partial charge >= 0.3 is 10.1 Å². The van der Waals surface area contributed by atoms with E-state index in [4.69, 9.17) is 4.18 Å². The minimum atomic E-state index is -3.78. The molecule has 0 spiro atoms. The molecule has 0 aliphatic heterocycles. The number of hydrogen-bond acceptors (Lipinski definition) is 3. The Labute approximate surface area is 120 Å². The molecule has 0 saturated carbocycles. The molecule has 0 unspecified atom stereocenters. The van der Waals surface area contributed by atoms with Gasteiger partial charge in [0.15, 0.2) is 0 Å². The van der Waals surface area contributed by atoms with Crippen molar-refractivity contribution in [1.82, 2.24) is 0 Å². The van der Waals surface area contributed by atoms with E-state index in [2.05, 4.69) is 20.8 Å². The smallest absolute Gasteiger partial charge is 0.339 e. The molecule has 106 valence electrons. The van der Waals surface area contributed by atoms with Crippen LogP contribution < -0.4 is 4.18 Å². The average molecular weight is 290 g/mol. The van der Waals surface area contributed by atoms with Crippen molar-refractivity contribution in [2.45, 2.75) is 31.1 Å². The van der Waals surface area contributed by atoms with Gasteiger partial charge in [-0.15, -0.1) is 0 Å². The fourth-order valence-corrected chi connectivity index (χ4v) is 2.72. The highest BCUT2D eigenvalue weighted by Crippen LogP contribution is 2.27. The highest BCUT2D eigenvalue weighted by Gasteiger charge is 2.18. The minimum absolute atomic E-state index is 0.0596. The van der Waals surface area contributed by atoms with Crippen LogP contribution in [0.25, 0.3) is 0 Å². The van der Waals surface area contributed by atoms with Crippen LogP contribution in [-0.4, -0.2) is 8.42 Å². The van der Waals surface area contributed by atoms with Crippen molar-refractivity contribution in [2.75, 3.05) is 0 Å². The molecule has 0 amide bonds. The van der Waals surface area contributed by atoms with E-state index in [9.17, 15) is 8.42 Å². The van der Waals surface area contributed by atoms with Crippen molar-refractivity contribution in [2.24, 2.45) is 0 Å². The van der Waals surface area contributed by atoms with Crippen LogP contribution in [0.15, 0.2) is 59.5 Å². The van der Waals surface area contributed by atoms with Gasteiger partial charge in [0.1, 0.15) is 10.6 Å². The first kappa shape index (κ1) is 14.6. The van der Waals surface area contributed by atoms with Crippen LogP contribution in [-0.2, 0) is 15.5 Å². The first-order valence-electron chi connectivity index (χ1n) is 6.39. The van der Waals surface area contributed by atoms with Crippen LogP contribution in [0.3, 0.4) is 0 Å². The first-order valence-corrected chi connectivity index (χ1v) is 7.80. The maximum Gasteiger partial charge on any atom is 0.339 e. The van der Waals surface area contributed by atoms with Gasteiger partial charge in [0.05, 0.1) is 0 Å². The molecule has 0 bridgehead atoms. The lowest BCUT2D eigenvalue weighted by Gasteiger charge is -2.19. The van der Waals surface area contributed by atoms with E-state index >= 15 is 0 Å². The molecule has 0 aliphatic carbocycles. The van der Waals surface area contributed by atoms with E-state index in [1.165, 1.54) is 12.1 Å². The number of rotatable bonds is 3. The van der Waals surface area contributed by atoms with Gasteiger partial charge in [-0.2, -0.15) is 8.42 Å². The van der Waals surface area contributed by atoms with Crippen molar-refractivity contribution in [3.8, 4) is 5.75 Å². The Morgan fingerprint density at radius 1 is 0.900 bits per heavy atom. The predicted octanol–water partition coefficient (Wildman–Crippen LogP) is 3.75. The Morgan fingerprint density at radius 3 is 2.15 bits per heavy atom. The Bertz CT molecular complexity index is 683. The Morgan fingerprint density at radius 2 is 1.55 bits per heavy atom. The third-order valence-corrected chi connectivity index (χ3v) is 4.20. The van der Waals surface area contributed by atoms with Crippen molar-refractivity contribution in [3.63, 3.8) is 0 Å². The van der Waals surface area contributed by atoms with E-state index < -0.39 is 10.1 Å². The van der Waals surface area contributed by atoms with E-state index in [1.54, 1.807) is 36.4 Å². The second-order valence-corrected chi connectivity index (χ2v) is 7.17. The molecule has 20 heavy (non-hydrogen) atoms. The second-order valence-electron chi connectivity index (χ2n) is 5.63. The number of hydrogen-bond donors (Lipinski definition) is 0. The summed E-state index contributed by atoms with van der Waals surface area (Å²) < 4.78 is 29.5. The van der Waals surface area contributed by atoms with Gasteiger partial charge in [-0.1, -0.05) is 51.1 Å². The summed E-state index contributed by atoms with van der Waals surface area (Å²) in [6.45, 7) is 6.20. The van der Waals surface area contributed by atoms with E-state index in [1.807, 2.05) is 6.07 Å². The summed E-state index contributed by atoms with van der Waals surface area (Å²) in [5.74, 6) is 0.335. The quantitative estimate of drug-likeness (QED) is 0.809. The maximum absolute atomic E-state index is 12.1. The topological polar surface area (TPSA) is 43.4 Å². The summed E-state index contributed by atoms with van der Waals surface area (Å²) in [6.07, 6.45) is 0. The zero-order valence-corrected chi connectivity index (χ0v) is 12.6. The molecule has 0 heterocycles. The van der Waals surface area contributed by atoms with Crippen LogP contribution in [0.4, 0.5) is 0 Å². The van der Waals surface area contributed by atoms with Gasteiger partial charge in [-0.05, 0) is 35.2 Å². The zero-order chi connectivity index (χ0) is 14.8. The number of benzene rings is 2. The van der Waals surface area contributed by atoms with Crippen molar-refractivity contribution in [3.05, 3.63) is 60.2 Å². The van der Waals surface area contributed by atoms with Crippen LogP contribution in [0, 0.1) is 0 Å². The largest absolute Gasteiger partial charge is 0.379 e. The van der Waals surface area contributed by atoms with Crippen LogP contribution in [0.5, 0.6) is 5.75 Å². The van der Waals surface area contributed by atoms with Crippen molar-refractivity contribution >= 4 is 10.1 Å². The Balaban J connectivity index is 2.31. The third-order valence-electron chi connectivity index (χ3n) is 2.94. The molecule has 0 radical (unpaired) electrons. The average Bonchev–Trinajstić information content (AvgIpc) is 2.38. The Hall–Kier alpha value is -1.81. The summed E-state index contributed by atoms with van der Waals surface area (Å²) in [6, 6.07) is 15.3. The van der Waals surface area contributed by atoms with Gasteiger partial charge in [-0.25, -0.2) is 0 Å². The molecule has 0 fully saturated rings. The zero-order valence-electron chi connectivity index (χ0n) is 11.8. The Kier molecular flexibility index (Phi) is 3.86. The van der Waals surface area contributed by atoms with Crippen molar-refractivity contribution in [1.29, 1.82) is 0 Å². The van der Waals surface area contributed by atoms with E-state index in [0.717, 1.165) is 5.56 Å². The summed E-state index contributed by atoms with van der Waals surface area (Å²) >= 11 is 0. The fraction of sp³-hybridized carbons (Fsp3) is 0.250. The molecule has 0 atom stereocenters. The molecule has 0 aromatic heterocycles. The molecule has 0 aliphatic rings. The summed E-state index contributed by atoms with van der Waals surface area (Å²) in [4.78, 5) is 0.154. The van der Waals surface area contributed by atoms with Gasteiger partial charge in [0.25, 0.3) is 0 Å². The molecule has 0 saturated heterocycles. The fourth-order valence-electron chi connectivity index (χ4n) is 1.78. The van der Waals surface area contributed by atoms with Crippen LogP contribution in [0.1, 0.15) is 26.3 Å². The standard InChI is InChI=1S/C16H18O3S/c1-16(2,3)13-8-7-9-14(12-13)19-20(17,18)15-10-5-4-6-11-15/h4-12H,1-3H3. The molecule has 2 aromatic carbocycles. The lowest BCUT2D eigenvalue weighted by Crippen LogP contribution is -2.13. The van der Waals surface area contributed by atoms with E-state index in [0.29, 0.717) is 5.75 Å². The second kappa shape index (κ2) is 5.29. The highest BCUT2D eigenvalue weighted by molar-refractivity contribution is 7.87. The van der Waals surface area contributed by atoms with Crippen LogP contribution in [0.2, 0.25) is 0 Å². The predicted molar refractivity (Wildman–Crippen MR) is 79.4 cm³/mol. The van der Waals surface area contributed by atoms with Crippen molar-refractivity contribution < 1.29 is 12.6 Å². The minimum Gasteiger partial charge on any atom is -0.379 e. The molecule has 0 N–H and O–H groups in total. The lowest BCUT2D eigenvalue weighted by atomic mass is 9.87. The van der Waals surface area contributed by atoms with Gasteiger partial charge in [0, 0.05) is 0 Å². The van der Waals surface area contributed by atoms with E-state index in [-0.39, 0.29) is 10.3 Å². The monoisotopic (exact) mass is 290 g/mol. The highest BCUT2D eigenvalue weighted by atomic mass is 32.2. The summed E-state index contributed by atoms with van der Waals surface area (Å²) in [5.41, 5.74) is 0.967. The SMILES string of the molecule is CC(C)(C)c1cccc(OS(=O)(=O)c2ccccc2)c1. The third kappa shape index (κ3) is 3.39. The maximum atomic E-state index is 12.1. The van der Waals surface area contributed by atoms with Gasteiger partial charge in [0.2, 0.25) is 0 Å². The summed E-state index contributed by atoms with van der Waals surface area (Å²) in [5, 5.41) is 0. The summed E-state index contributed by atoms with van der Waals surface area (Å²) in [7, 11) is -3.78. The van der Waals surface area contributed by atoms with Crippen LogP contribution >= 0.6 is 0 Å². The first-order chi connectivity index (χ1) is 9.29. The molecule has 2 aromatic rings. The van der Waals surface area contributed by atoms with Gasteiger partial charge < -0.3 is 4.18 Å². The van der Waals surface area contributed by atoms with Gasteiger partial charge in [-0.3, -0.25) is 0 Å². The normalized spacial score (nSPS) is 12.2. The lowest BCUT2D eigenvalue weighted by molar-refractivity contribution is 0.484. The molecule has 3 nitrogen and oxygen atoms in total.